The van der Waals surface area contributed by atoms with Gasteiger partial charge in [-0.25, -0.2) is 0 Å². The zero-order chi connectivity index (χ0) is 14.2. The van der Waals surface area contributed by atoms with Crippen LogP contribution in [-0.2, 0) is 19.0 Å². The van der Waals surface area contributed by atoms with Gasteiger partial charge in [-0.3, -0.25) is 4.79 Å². The highest BCUT2D eigenvalue weighted by Crippen LogP contribution is 2.27. The molecule has 0 rings (SSSR count). The van der Waals surface area contributed by atoms with Gasteiger partial charge in [0.05, 0.1) is 15.6 Å². The molecule has 0 bridgehead atoms. The lowest BCUT2D eigenvalue weighted by Gasteiger charge is -2.45. The second-order valence-electron chi connectivity index (χ2n) is 3.96. The van der Waals surface area contributed by atoms with Crippen LogP contribution in [0.5, 0.6) is 0 Å². The molecule has 1 atom stereocenters. The third kappa shape index (κ3) is 4.62. The summed E-state index contributed by atoms with van der Waals surface area (Å²) in [5, 5.41) is 2.17. The van der Waals surface area contributed by atoms with Crippen LogP contribution in [0, 0.1) is 0 Å². The quantitative estimate of drug-likeness (QED) is 0.373. The molecular weight excluding hydrogens is 318 g/mol. The van der Waals surface area contributed by atoms with E-state index in [2.05, 4.69) is 21.2 Å². The summed E-state index contributed by atoms with van der Waals surface area (Å²) in [6.45, 7) is 8.90. The zero-order valence-electron chi connectivity index (χ0n) is 11.8. The van der Waals surface area contributed by atoms with Gasteiger partial charge in [0, 0.05) is 19.8 Å². The van der Waals surface area contributed by atoms with Crippen LogP contribution in [-0.4, -0.2) is 52.4 Å². The molecule has 0 spiro atoms. The first-order valence-corrected chi connectivity index (χ1v) is 8.30. The molecule has 5 nitrogen and oxygen atoms in total. The highest BCUT2D eigenvalue weighted by Gasteiger charge is 2.48. The van der Waals surface area contributed by atoms with Gasteiger partial charge in [0.15, 0.2) is 5.35 Å². The van der Waals surface area contributed by atoms with E-state index in [4.69, 9.17) is 14.2 Å². The SMILES string of the molecule is CCOC([SiH3])(NC(=O)CBr)C(C)(OCC)OCC. The lowest BCUT2D eigenvalue weighted by Crippen LogP contribution is -2.67. The van der Waals surface area contributed by atoms with E-state index in [-0.39, 0.29) is 11.2 Å². The lowest BCUT2D eigenvalue weighted by molar-refractivity contribution is -0.299. The van der Waals surface area contributed by atoms with Gasteiger partial charge in [0.2, 0.25) is 11.7 Å². The topological polar surface area (TPSA) is 56.8 Å². The first-order valence-electron chi connectivity index (χ1n) is 6.17. The maximum absolute atomic E-state index is 11.6. The molecule has 0 aliphatic heterocycles. The summed E-state index contributed by atoms with van der Waals surface area (Å²) in [4.78, 5) is 11.6. The minimum absolute atomic E-state index is 0.149. The number of rotatable bonds is 9. The Balaban J connectivity index is 5.15. The van der Waals surface area contributed by atoms with E-state index in [0.717, 1.165) is 0 Å². The van der Waals surface area contributed by atoms with E-state index < -0.39 is 11.1 Å². The predicted octanol–water partition coefficient (Wildman–Crippen LogP) is 0.342. The normalized spacial score (nSPS) is 15.4. The molecule has 0 saturated heterocycles. The third-order valence-corrected chi connectivity index (χ3v) is 4.59. The van der Waals surface area contributed by atoms with Crippen LogP contribution in [0.3, 0.4) is 0 Å². The molecule has 1 unspecified atom stereocenters. The van der Waals surface area contributed by atoms with Crippen molar-refractivity contribution in [3.8, 4) is 0 Å². The van der Waals surface area contributed by atoms with Crippen molar-refractivity contribution in [3.63, 3.8) is 0 Å². The molecular formula is C11H24BrNO4Si. The molecule has 1 amide bonds. The fourth-order valence-electron chi connectivity index (χ4n) is 1.74. The number of ether oxygens (including phenoxy) is 3. The Hall–Kier alpha value is 0.0469. The largest absolute Gasteiger partial charge is 0.355 e. The highest BCUT2D eigenvalue weighted by atomic mass is 79.9. The Labute approximate surface area is 120 Å². The van der Waals surface area contributed by atoms with Crippen LogP contribution in [0.1, 0.15) is 27.7 Å². The van der Waals surface area contributed by atoms with Gasteiger partial charge in [-0.2, -0.15) is 0 Å². The van der Waals surface area contributed by atoms with Crippen molar-refractivity contribution in [3.05, 3.63) is 0 Å². The summed E-state index contributed by atoms with van der Waals surface area (Å²) in [5.41, 5.74) is 0. The molecule has 0 aromatic rings. The van der Waals surface area contributed by atoms with E-state index in [1.165, 1.54) is 0 Å². The predicted molar refractivity (Wildman–Crippen MR) is 77.9 cm³/mol. The fourth-order valence-corrected chi connectivity index (χ4v) is 2.73. The monoisotopic (exact) mass is 341 g/mol. The van der Waals surface area contributed by atoms with Gasteiger partial charge in [0.1, 0.15) is 0 Å². The maximum Gasteiger partial charge on any atom is 0.232 e. The van der Waals surface area contributed by atoms with E-state index in [0.29, 0.717) is 30.1 Å². The summed E-state index contributed by atoms with van der Waals surface area (Å²) in [6.07, 6.45) is 0. The van der Waals surface area contributed by atoms with Crippen molar-refractivity contribution in [1.82, 2.24) is 5.32 Å². The summed E-state index contributed by atoms with van der Waals surface area (Å²) in [5.74, 6) is -1.12. The van der Waals surface area contributed by atoms with Gasteiger partial charge in [-0.15, -0.1) is 0 Å². The molecule has 0 aromatic carbocycles. The summed E-state index contributed by atoms with van der Waals surface area (Å²) >= 11 is 3.13. The molecule has 0 saturated carbocycles. The van der Waals surface area contributed by atoms with Crippen molar-refractivity contribution in [2.24, 2.45) is 0 Å². The van der Waals surface area contributed by atoms with Gasteiger partial charge in [-0.05, 0) is 27.7 Å². The number of carbonyl (C=O) groups is 1. The van der Waals surface area contributed by atoms with Crippen LogP contribution in [0.4, 0.5) is 0 Å². The molecule has 0 fully saturated rings. The fraction of sp³-hybridized carbons (Fsp3) is 0.909. The van der Waals surface area contributed by atoms with E-state index in [1.807, 2.05) is 20.8 Å². The molecule has 7 heteroatoms. The van der Waals surface area contributed by atoms with Crippen molar-refractivity contribution in [1.29, 1.82) is 0 Å². The number of alkyl halides is 1. The Morgan fingerprint density at radius 3 is 1.94 bits per heavy atom. The number of hydrogen-bond acceptors (Lipinski definition) is 4. The van der Waals surface area contributed by atoms with Crippen molar-refractivity contribution < 1.29 is 19.0 Å². The number of halogens is 1. The Bertz CT molecular complexity index is 261. The second kappa shape index (κ2) is 8.26. The molecule has 1 N–H and O–H groups in total. The van der Waals surface area contributed by atoms with Crippen LogP contribution >= 0.6 is 15.9 Å². The standard InChI is InChI=1S/C11H24BrNO4Si/c1-5-15-10(4,16-6-2)11(18,17-7-3)13-9(14)8-12/h5-8H2,1-4,18H3,(H,13,14). The summed E-state index contributed by atoms with van der Waals surface area (Å²) in [7, 11) is 0.542. The average molecular weight is 342 g/mol. The Morgan fingerprint density at radius 1 is 1.17 bits per heavy atom. The van der Waals surface area contributed by atoms with Crippen molar-refractivity contribution in [2.45, 2.75) is 38.8 Å². The van der Waals surface area contributed by atoms with Gasteiger partial charge >= 0.3 is 0 Å². The smallest absolute Gasteiger partial charge is 0.232 e. The van der Waals surface area contributed by atoms with Gasteiger partial charge in [-0.1, -0.05) is 15.9 Å². The maximum atomic E-state index is 11.6. The minimum Gasteiger partial charge on any atom is -0.355 e. The van der Waals surface area contributed by atoms with Gasteiger partial charge in [0.25, 0.3) is 0 Å². The van der Waals surface area contributed by atoms with E-state index in [9.17, 15) is 4.79 Å². The molecule has 0 aliphatic carbocycles. The number of amides is 1. The summed E-state index contributed by atoms with van der Waals surface area (Å²) in [6, 6.07) is 0. The van der Waals surface area contributed by atoms with Crippen molar-refractivity contribution >= 4 is 32.1 Å². The first kappa shape index (κ1) is 18.0. The van der Waals surface area contributed by atoms with Crippen molar-refractivity contribution in [2.75, 3.05) is 25.2 Å². The third-order valence-electron chi connectivity index (χ3n) is 2.64. The lowest BCUT2D eigenvalue weighted by atomic mass is 10.2. The van der Waals surface area contributed by atoms with Crippen LogP contribution < -0.4 is 5.32 Å². The van der Waals surface area contributed by atoms with Crippen LogP contribution in [0.25, 0.3) is 0 Å². The highest BCUT2D eigenvalue weighted by molar-refractivity contribution is 9.09. The van der Waals surface area contributed by atoms with Crippen LogP contribution in [0.15, 0.2) is 0 Å². The molecule has 0 heterocycles. The molecule has 0 aromatic heterocycles. The minimum atomic E-state index is -0.976. The number of nitrogens with one attached hydrogen (secondary N) is 1. The Morgan fingerprint density at radius 2 is 1.61 bits per heavy atom. The second-order valence-corrected chi connectivity index (χ2v) is 5.93. The van der Waals surface area contributed by atoms with Crippen LogP contribution in [0.2, 0.25) is 0 Å². The average Bonchev–Trinajstić information content (AvgIpc) is 2.29. The number of hydrogen-bond donors (Lipinski definition) is 1. The van der Waals surface area contributed by atoms with Gasteiger partial charge < -0.3 is 19.5 Å². The molecule has 0 radical (unpaired) electrons. The first-order chi connectivity index (χ1) is 8.39. The molecule has 0 aliphatic rings. The summed E-state index contributed by atoms with van der Waals surface area (Å²) < 4.78 is 17.1. The zero-order valence-corrected chi connectivity index (χ0v) is 15.4. The number of carbonyl (C=O) groups excluding carboxylic acids is 1. The Kier molecular flexibility index (Phi) is 8.29. The van der Waals surface area contributed by atoms with E-state index in [1.54, 1.807) is 6.92 Å². The van der Waals surface area contributed by atoms with E-state index >= 15 is 0 Å². The molecule has 108 valence electrons. The molecule has 18 heavy (non-hydrogen) atoms.